The van der Waals surface area contributed by atoms with Crippen LogP contribution in [0.5, 0.6) is 0 Å². The minimum absolute atomic E-state index is 0.000762. The maximum atomic E-state index is 12.9. The predicted molar refractivity (Wildman–Crippen MR) is 139 cm³/mol. The summed E-state index contributed by atoms with van der Waals surface area (Å²) in [4.78, 5) is 13.0. The van der Waals surface area contributed by atoms with Gasteiger partial charge in [-0.2, -0.15) is 0 Å². The summed E-state index contributed by atoms with van der Waals surface area (Å²) in [6.07, 6.45) is 1.45. The minimum Gasteiger partial charge on any atom is -0.468 e. The molecule has 0 radical (unpaired) electrons. The van der Waals surface area contributed by atoms with Crippen molar-refractivity contribution in [3.8, 4) is 0 Å². The Morgan fingerprint density at radius 2 is 1.42 bits per heavy atom. The Bertz CT molecular complexity index is 1570. The number of benzene rings is 3. The summed E-state index contributed by atoms with van der Waals surface area (Å²) in [5, 5.41) is 2.65. The van der Waals surface area contributed by atoms with Gasteiger partial charge in [-0.15, -0.1) is 0 Å². The van der Waals surface area contributed by atoms with Gasteiger partial charge in [-0.05, 0) is 72.8 Å². The molecule has 1 amide bonds. The maximum absolute atomic E-state index is 12.9. The van der Waals surface area contributed by atoms with Crippen LogP contribution in [0.25, 0.3) is 0 Å². The largest absolute Gasteiger partial charge is 0.468 e. The first-order valence-electron chi connectivity index (χ1n) is 10.4. The molecular weight excluding hydrogens is 570 g/mol. The van der Waals surface area contributed by atoms with E-state index in [1.165, 1.54) is 54.8 Å². The van der Waals surface area contributed by atoms with Crippen molar-refractivity contribution in [3.63, 3.8) is 0 Å². The molecule has 1 heterocycles. The highest BCUT2D eigenvalue weighted by atomic mass is 79.9. The maximum Gasteiger partial charge on any atom is 0.261 e. The van der Waals surface area contributed by atoms with E-state index in [4.69, 9.17) is 4.42 Å². The van der Waals surface area contributed by atoms with Crippen molar-refractivity contribution in [1.82, 2.24) is 4.72 Å². The highest BCUT2D eigenvalue weighted by Crippen LogP contribution is 2.23. The zero-order valence-corrected chi connectivity index (χ0v) is 21.7. The zero-order valence-electron chi connectivity index (χ0n) is 18.5. The molecule has 0 spiro atoms. The SMILES string of the molecule is O=C(Nc1ccc(S(=O)(=O)NCc2ccco2)cc1)c1ccccc1NS(=O)(=O)c1ccc(Br)cc1. The number of carbonyl (C=O) groups is 1. The number of furan rings is 1. The number of carbonyl (C=O) groups excluding carboxylic acids is 1. The van der Waals surface area contributed by atoms with Gasteiger partial charge in [0, 0.05) is 10.2 Å². The van der Waals surface area contributed by atoms with Gasteiger partial charge in [0.15, 0.2) is 0 Å². The number of hydrogen-bond donors (Lipinski definition) is 3. The molecule has 0 atom stereocenters. The summed E-state index contributed by atoms with van der Waals surface area (Å²) in [5.41, 5.74) is 0.518. The van der Waals surface area contributed by atoms with E-state index < -0.39 is 26.0 Å². The number of nitrogens with one attached hydrogen (secondary N) is 3. The van der Waals surface area contributed by atoms with Crippen LogP contribution in [-0.4, -0.2) is 22.7 Å². The van der Waals surface area contributed by atoms with Crippen LogP contribution in [0.2, 0.25) is 0 Å². The third-order valence-electron chi connectivity index (χ3n) is 4.98. The molecule has 4 aromatic rings. The second-order valence-corrected chi connectivity index (χ2v) is 11.9. The fraction of sp³-hybridized carbons (Fsp3) is 0.0417. The topological polar surface area (TPSA) is 135 Å². The molecule has 0 saturated carbocycles. The van der Waals surface area contributed by atoms with Crippen molar-refractivity contribution in [2.75, 3.05) is 10.0 Å². The van der Waals surface area contributed by atoms with Crippen molar-refractivity contribution >= 4 is 53.3 Å². The Balaban J connectivity index is 1.47. The average molecular weight is 590 g/mol. The Kier molecular flexibility index (Phi) is 7.59. The van der Waals surface area contributed by atoms with Gasteiger partial charge in [-0.1, -0.05) is 28.1 Å². The molecule has 0 aliphatic rings. The first-order valence-corrected chi connectivity index (χ1v) is 14.2. The summed E-state index contributed by atoms with van der Waals surface area (Å²) < 4.78 is 61.3. The van der Waals surface area contributed by atoms with E-state index >= 15 is 0 Å². The number of amides is 1. The third-order valence-corrected chi connectivity index (χ3v) is 8.31. The lowest BCUT2D eigenvalue weighted by molar-refractivity contribution is 0.102. The van der Waals surface area contributed by atoms with E-state index in [-0.39, 0.29) is 27.6 Å². The Hall–Kier alpha value is -3.45. The molecule has 36 heavy (non-hydrogen) atoms. The molecule has 3 aromatic carbocycles. The molecular formula is C24H20BrN3O6S2. The second-order valence-electron chi connectivity index (χ2n) is 7.49. The average Bonchev–Trinajstić information content (AvgIpc) is 3.37. The lowest BCUT2D eigenvalue weighted by Crippen LogP contribution is -2.23. The normalized spacial score (nSPS) is 11.7. The number of halogens is 1. The van der Waals surface area contributed by atoms with Crippen LogP contribution in [-0.2, 0) is 26.6 Å². The number of anilines is 2. The summed E-state index contributed by atoms with van der Waals surface area (Å²) in [5.74, 6) is -0.104. The highest BCUT2D eigenvalue weighted by molar-refractivity contribution is 9.10. The fourth-order valence-electron chi connectivity index (χ4n) is 3.17. The lowest BCUT2D eigenvalue weighted by Gasteiger charge is -2.13. The number of hydrogen-bond acceptors (Lipinski definition) is 6. The van der Waals surface area contributed by atoms with E-state index in [1.807, 2.05) is 0 Å². The summed E-state index contributed by atoms with van der Waals surface area (Å²) in [6.45, 7) is 0.000762. The van der Waals surface area contributed by atoms with Gasteiger partial charge in [0.25, 0.3) is 15.9 Å². The van der Waals surface area contributed by atoms with Gasteiger partial charge < -0.3 is 9.73 Å². The number of rotatable bonds is 9. The lowest BCUT2D eigenvalue weighted by atomic mass is 10.1. The predicted octanol–water partition coefficient (Wildman–Crippen LogP) is 4.57. The van der Waals surface area contributed by atoms with Crippen LogP contribution >= 0.6 is 15.9 Å². The summed E-state index contributed by atoms with van der Waals surface area (Å²) >= 11 is 3.26. The van der Waals surface area contributed by atoms with Crippen molar-refractivity contribution < 1.29 is 26.0 Å². The molecule has 0 fully saturated rings. The van der Waals surface area contributed by atoms with Crippen molar-refractivity contribution in [2.24, 2.45) is 0 Å². The Morgan fingerprint density at radius 1 is 0.778 bits per heavy atom. The van der Waals surface area contributed by atoms with Gasteiger partial charge in [0.05, 0.1) is 33.8 Å². The molecule has 3 N–H and O–H groups in total. The molecule has 9 nitrogen and oxygen atoms in total. The van der Waals surface area contributed by atoms with Crippen LogP contribution in [0.15, 0.2) is 110 Å². The standard InChI is InChI=1S/C24H20BrN3O6S2/c25-17-7-11-21(12-8-17)36(32,33)28-23-6-2-1-5-22(23)24(29)27-18-9-13-20(14-10-18)35(30,31)26-16-19-4-3-15-34-19/h1-15,26,28H,16H2,(H,27,29). The van der Waals surface area contributed by atoms with Crippen molar-refractivity contribution in [2.45, 2.75) is 16.3 Å². The van der Waals surface area contributed by atoms with Gasteiger partial charge >= 0.3 is 0 Å². The van der Waals surface area contributed by atoms with Crippen LogP contribution in [0.1, 0.15) is 16.1 Å². The smallest absolute Gasteiger partial charge is 0.261 e. The molecule has 0 aliphatic carbocycles. The molecule has 0 unspecified atom stereocenters. The van der Waals surface area contributed by atoms with Crippen LogP contribution in [0, 0.1) is 0 Å². The Morgan fingerprint density at radius 3 is 2.08 bits per heavy atom. The van der Waals surface area contributed by atoms with E-state index in [0.717, 1.165) is 4.47 Å². The fourth-order valence-corrected chi connectivity index (χ4v) is 5.50. The van der Waals surface area contributed by atoms with Crippen LogP contribution in [0.3, 0.4) is 0 Å². The van der Waals surface area contributed by atoms with Crippen LogP contribution < -0.4 is 14.8 Å². The summed E-state index contributed by atoms with van der Waals surface area (Å²) in [7, 11) is -7.73. The molecule has 4 rings (SSSR count). The van der Waals surface area contributed by atoms with Crippen molar-refractivity contribution in [3.05, 3.63) is 107 Å². The van der Waals surface area contributed by atoms with E-state index in [2.05, 4.69) is 30.7 Å². The highest BCUT2D eigenvalue weighted by Gasteiger charge is 2.19. The molecule has 0 aliphatic heterocycles. The Labute approximate surface area is 216 Å². The van der Waals surface area contributed by atoms with E-state index in [0.29, 0.717) is 11.4 Å². The van der Waals surface area contributed by atoms with Gasteiger partial charge in [-0.3, -0.25) is 9.52 Å². The number of para-hydroxylation sites is 1. The van der Waals surface area contributed by atoms with Crippen molar-refractivity contribution in [1.29, 1.82) is 0 Å². The van der Waals surface area contributed by atoms with E-state index in [9.17, 15) is 21.6 Å². The molecule has 0 saturated heterocycles. The van der Waals surface area contributed by atoms with Crippen LogP contribution in [0.4, 0.5) is 11.4 Å². The van der Waals surface area contributed by atoms with Gasteiger partial charge in [-0.25, -0.2) is 21.6 Å². The monoisotopic (exact) mass is 589 g/mol. The first-order chi connectivity index (χ1) is 17.1. The molecule has 0 bridgehead atoms. The molecule has 1 aromatic heterocycles. The summed E-state index contributed by atoms with van der Waals surface area (Å²) in [6, 6.07) is 21.1. The van der Waals surface area contributed by atoms with Gasteiger partial charge in [0.1, 0.15) is 5.76 Å². The third kappa shape index (κ3) is 6.21. The van der Waals surface area contributed by atoms with Gasteiger partial charge in [0.2, 0.25) is 10.0 Å². The quantitative estimate of drug-likeness (QED) is 0.262. The van der Waals surface area contributed by atoms with E-state index in [1.54, 1.807) is 36.4 Å². The number of sulfonamides is 2. The second kappa shape index (κ2) is 10.7. The molecule has 186 valence electrons. The first kappa shape index (κ1) is 25.6. The zero-order chi connectivity index (χ0) is 25.8. The minimum atomic E-state index is -3.93. The molecule has 12 heteroatoms.